The van der Waals surface area contributed by atoms with E-state index in [0.717, 1.165) is 18.6 Å². The first-order valence-electron chi connectivity index (χ1n) is 7.33. The van der Waals surface area contributed by atoms with Gasteiger partial charge in [-0.3, -0.25) is 4.79 Å². The maximum Gasteiger partial charge on any atom is 0.315 e. The number of carboxylic acid groups (broad SMARTS) is 1. The average molecular weight is 294 g/mol. The molecular weight excluding hydrogens is 272 g/mol. The van der Waals surface area contributed by atoms with Gasteiger partial charge in [0.15, 0.2) is 0 Å². The van der Waals surface area contributed by atoms with E-state index >= 15 is 0 Å². The fourth-order valence-electron chi connectivity index (χ4n) is 2.76. The van der Waals surface area contributed by atoms with Crippen LogP contribution < -0.4 is 10.6 Å². The summed E-state index contributed by atoms with van der Waals surface area (Å²) < 4.78 is 5.46. The molecule has 1 saturated carbocycles. The molecule has 0 aliphatic heterocycles. The van der Waals surface area contributed by atoms with Crippen LogP contribution >= 0.6 is 0 Å². The Hall–Kier alpha value is -1.98. The molecule has 6 heteroatoms. The second-order valence-electron chi connectivity index (χ2n) is 5.62. The first-order valence-corrected chi connectivity index (χ1v) is 7.33. The Morgan fingerprint density at radius 2 is 2.05 bits per heavy atom. The van der Waals surface area contributed by atoms with Crippen molar-refractivity contribution in [3.63, 3.8) is 0 Å². The number of carbonyl (C=O) groups excluding carboxylic acids is 1. The molecule has 21 heavy (non-hydrogen) atoms. The van der Waals surface area contributed by atoms with Gasteiger partial charge in [-0.1, -0.05) is 12.8 Å². The molecule has 2 rings (SSSR count). The van der Waals surface area contributed by atoms with E-state index in [1.165, 1.54) is 0 Å². The molecule has 6 nitrogen and oxygen atoms in total. The third kappa shape index (κ3) is 4.00. The van der Waals surface area contributed by atoms with Crippen LogP contribution in [0.1, 0.15) is 50.2 Å². The molecule has 116 valence electrons. The summed E-state index contributed by atoms with van der Waals surface area (Å²) in [4.78, 5) is 23.2. The molecule has 0 aromatic carbocycles. The van der Waals surface area contributed by atoms with E-state index in [0.29, 0.717) is 18.6 Å². The predicted molar refractivity (Wildman–Crippen MR) is 76.9 cm³/mol. The summed E-state index contributed by atoms with van der Waals surface area (Å²) in [6.07, 6.45) is 3.17. The maximum atomic E-state index is 12.0. The number of hydrogen-bond acceptors (Lipinski definition) is 3. The zero-order chi connectivity index (χ0) is 15.4. The van der Waals surface area contributed by atoms with Crippen molar-refractivity contribution in [1.82, 2.24) is 10.6 Å². The molecule has 0 spiro atoms. The highest BCUT2D eigenvalue weighted by Crippen LogP contribution is 2.24. The predicted octanol–water partition coefficient (Wildman–Crippen LogP) is 2.59. The van der Waals surface area contributed by atoms with Crippen LogP contribution in [-0.4, -0.2) is 23.1 Å². The lowest BCUT2D eigenvalue weighted by Gasteiger charge is -2.29. The van der Waals surface area contributed by atoms with Gasteiger partial charge in [-0.15, -0.1) is 0 Å². The van der Waals surface area contributed by atoms with Gasteiger partial charge in [-0.25, -0.2) is 4.79 Å². The SMILES string of the molecule is Cc1ccc(C(C)NC(=O)NC2CCCCC2C(=O)O)o1. The Morgan fingerprint density at radius 1 is 1.33 bits per heavy atom. The van der Waals surface area contributed by atoms with E-state index in [9.17, 15) is 14.7 Å². The Labute approximate surface area is 123 Å². The first-order chi connectivity index (χ1) is 9.97. The smallest absolute Gasteiger partial charge is 0.315 e. The lowest BCUT2D eigenvalue weighted by atomic mass is 9.84. The van der Waals surface area contributed by atoms with Crippen molar-refractivity contribution in [1.29, 1.82) is 0 Å². The quantitative estimate of drug-likeness (QED) is 0.796. The summed E-state index contributed by atoms with van der Waals surface area (Å²) in [5.74, 6) is 0.138. The number of carboxylic acids is 1. The Kier molecular flexibility index (Phi) is 4.88. The van der Waals surface area contributed by atoms with Crippen molar-refractivity contribution in [2.24, 2.45) is 5.92 Å². The van der Waals surface area contributed by atoms with Gasteiger partial charge in [-0.2, -0.15) is 0 Å². The van der Waals surface area contributed by atoms with Crippen LogP contribution in [0, 0.1) is 12.8 Å². The molecule has 1 heterocycles. The summed E-state index contributed by atoms with van der Waals surface area (Å²) in [5, 5.41) is 14.8. The van der Waals surface area contributed by atoms with E-state index in [2.05, 4.69) is 10.6 Å². The number of carbonyl (C=O) groups is 2. The second-order valence-corrected chi connectivity index (χ2v) is 5.62. The summed E-state index contributed by atoms with van der Waals surface area (Å²) >= 11 is 0. The van der Waals surface area contributed by atoms with Gasteiger partial charge in [0.1, 0.15) is 11.5 Å². The van der Waals surface area contributed by atoms with E-state index in [-0.39, 0.29) is 18.1 Å². The van der Waals surface area contributed by atoms with Crippen LogP contribution in [0.2, 0.25) is 0 Å². The maximum absolute atomic E-state index is 12.0. The number of hydrogen-bond donors (Lipinski definition) is 3. The zero-order valence-electron chi connectivity index (χ0n) is 12.4. The van der Waals surface area contributed by atoms with Crippen molar-refractivity contribution in [2.45, 2.75) is 51.6 Å². The Morgan fingerprint density at radius 3 is 2.67 bits per heavy atom. The molecule has 3 unspecified atom stereocenters. The highest BCUT2D eigenvalue weighted by atomic mass is 16.4. The summed E-state index contributed by atoms with van der Waals surface area (Å²) in [7, 11) is 0. The minimum Gasteiger partial charge on any atom is -0.481 e. The van der Waals surface area contributed by atoms with Crippen LogP contribution in [0.15, 0.2) is 16.5 Å². The molecular formula is C15H22N2O4. The molecule has 1 aromatic rings. The van der Waals surface area contributed by atoms with E-state index in [4.69, 9.17) is 4.42 Å². The number of rotatable bonds is 4. The van der Waals surface area contributed by atoms with E-state index in [1.54, 1.807) is 0 Å². The van der Waals surface area contributed by atoms with Gasteiger partial charge in [0, 0.05) is 6.04 Å². The largest absolute Gasteiger partial charge is 0.481 e. The van der Waals surface area contributed by atoms with Crippen LogP contribution in [0.3, 0.4) is 0 Å². The first kappa shape index (κ1) is 15.4. The third-order valence-electron chi connectivity index (χ3n) is 3.94. The van der Waals surface area contributed by atoms with Gasteiger partial charge in [0.25, 0.3) is 0 Å². The third-order valence-corrected chi connectivity index (χ3v) is 3.94. The van der Waals surface area contributed by atoms with Gasteiger partial charge >= 0.3 is 12.0 Å². The van der Waals surface area contributed by atoms with Crippen LogP contribution in [-0.2, 0) is 4.79 Å². The van der Waals surface area contributed by atoms with Gasteiger partial charge in [0.05, 0.1) is 12.0 Å². The van der Waals surface area contributed by atoms with Gasteiger partial charge in [-0.05, 0) is 38.8 Å². The van der Waals surface area contributed by atoms with E-state index < -0.39 is 11.9 Å². The van der Waals surface area contributed by atoms with Crippen molar-refractivity contribution < 1.29 is 19.1 Å². The molecule has 1 aliphatic carbocycles. The molecule has 2 amide bonds. The van der Waals surface area contributed by atoms with Crippen molar-refractivity contribution >= 4 is 12.0 Å². The van der Waals surface area contributed by atoms with Crippen molar-refractivity contribution in [2.75, 3.05) is 0 Å². The summed E-state index contributed by atoms with van der Waals surface area (Å²) in [5.41, 5.74) is 0. The number of aliphatic carboxylic acids is 1. The lowest BCUT2D eigenvalue weighted by molar-refractivity contribution is -0.143. The van der Waals surface area contributed by atoms with Crippen LogP contribution in [0.4, 0.5) is 4.79 Å². The number of amides is 2. The Balaban J connectivity index is 1.89. The molecule has 1 aliphatic rings. The van der Waals surface area contributed by atoms with Crippen LogP contribution in [0.5, 0.6) is 0 Å². The topological polar surface area (TPSA) is 91.6 Å². The molecule has 3 atom stereocenters. The highest BCUT2D eigenvalue weighted by Gasteiger charge is 2.32. The molecule has 0 radical (unpaired) electrons. The fraction of sp³-hybridized carbons (Fsp3) is 0.600. The molecule has 0 saturated heterocycles. The number of urea groups is 1. The molecule has 1 fully saturated rings. The van der Waals surface area contributed by atoms with Crippen molar-refractivity contribution in [3.8, 4) is 0 Å². The number of aryl methyl sites for hydroxylation is 1. The minimum atomic E-state index is -0.838. The Bertz CT molecular complexity index is 512. The normalized spacial score (nSPS) is 23.3. The summed E-state index contributed by atoms with van der Waals surface area (Å²) in [6.45, 7) is 3.67. The van der Waals surface area contributed by atoms with Gasteiger partial charge in [0.2, 0.25) is 0 Å². The molecule has 0 bridgehead atoms. The second kappa shape index (κ2) is 6.65. The number of nitrogens with one attached hydrogen (secondary N) is 2. The standard InChI is InChI=1S/C15H22N2O4/c1-9-7-8-13(21-9)10(2)16-15(20)17-12-6-4-3-5-11(12)14(18)19/h7-8,10-12H,3-6H2,1-2H3,(H,18,19)(H2,16,17,20). The molecule has 1 aromatic heterocycles. The summed E-state index contributed by atoms with van der Waals surface area (Å²) in [6, 6.07) is 2.75. The van der Waals surface area contributed by atoms with Crippen molar-refractivity contribution in [3.05, 3.63) is 23.7 Å². The van der Waals surface area contributed by atoms with Crippen LogP contribution in [0.25, 0.3) is 0 Å². The average Bonchev–Trinajstić information content (AvgIpc) is 2.85. The molecule has 3 N–H and O–H groups in total. The fourth-order valence-corrected chi connectivity index (χ4v) is 2.76. The highest BCUT2D eigenvalue weighted by molar-refractivity contribution is 5.77. The zero-order valence-corrected chi connectivity index (χ0v) is 12.4. The number of furan rings is 1. The van der Waals surface area contributed by atoms with Gasteiger partial charge < -0.3 is 20.2 Å². The monoisotopic (exact) mass is 294 g/mol. The van der Waals surface area contributed by atoms with E-state index in [1.807, 2.05) is 26.0 Å². The lowest BCUT2D eigenvalue weighted by Crippen LogP contribution is -2.49. The minimum absolute atomic E-state index is 0.259.